The van der Waals surface area contributed by atoms with Crippen LogP contribution in [0.1, 0.15) is 17.3 Å². The number of carbonyl (C=O) groups is 1. The van der Waals surface area contributed by atoms with Crippen LogP contribution in [-0.4, -0.2) is 12.4 Å². The summed E-state index contributed by atoms with van der Waals surface area (Å²) in [6.07, 6.45) is 2.87. The van der Waals surface area contributed by atoms with E-state index >= 15 is 0 Å². The number of ether oxygens (including phenoxy) is 1. The van der Waals surface area contributed by atoms with Crippen LogP contribution in [0, 0.1) is 0 Å². The zero-order valence-corrected chi connectivity index (χ0v) is 7.64. The molecule has 0 aliphatic rings. The minimum Gasteiger partial charge on any atom is -0.501 e. The van der Waals surface area contributed by atoms with E-state index in [4.69, 9.17) is 4.74 Å². The average Bonchev–Trinajstić information content (AvgIpc) is 2.56. The van der Waals surface area contributed by atoms with Gasteiger partial charge in [0.15, 0.2) is 5.78 Å². The van der Waals surface area contributed by atoms with Gasteiger partial charge in [0.2, 0.25) is 0 Å². The van der Waals surface area contributed by atoms with Crippen LogP contribution in [0.3, 0.4) is 0 Å². The van der Waals surface area contributed by atoms with Gasteiger partial charge in [0.1, 0.15) is 0 Å². The van der Waals surface area contributed by atoms with E-state index in [1.807, 2.05) is 17.7 Å². The van der Waals surface area contributed by atoms with Crippen molar-refractivity contribution in [3.8, 4) is 0 Å². The summed E-state index contributed by atoms with van der Waals surface area (Å²) in [7, 11) is 0. The maximum Gasteiger partial charge on any atom is 0.189 e. The SMILES string of the molecule is CCO/C=C/C(=O)c1ccsc1. The molecule has 0 unspecified atom stereocenters. The van der Waals surface area contributed by atoms with E-state index in [0.717, 1.165) is 5.56 Å². The number of carbonyl (C=O) groups excluding carboxylic acids is 1. The highest BCUT2D eigenvalue weighted by molar-refractivity contribution is 7.08. The lowest BCUT2D eigenvalue weighted by molar-refractivity contribution is 0.104. The molecule has 0 aliphatic carbocycles. The summed E-state index contributed by atoms with van der Waals surface area (Å²) in [6.45, 7) is 2.47. The van der Waals surface area contributed by atoms with Crippen molar-refractivity contribution in [3.63, 3.8) is 0 Å². The standard InChI is InChI=1S/C9H10O2S/c1-2-11-5-3-9(10)8-4-6-12-7-8/h3-7H,2H2,1H3/b5-3+. The molecule has 0 amide bonds. The van der Waals surface area contributed by atoms with Crippen molar-refractivity contribution in [2.75, 3.05) is 6.61 Å². The molecule has 0 spiro atoms. The van der Waals surface area contributed by atoms with Gasteiger partial charge in [-0.15, -0.1) is 0 Å². The Morgan fingerprint density at radius 3 is 3.17 bits per heavy atom. The van der Waals surface area contributed by atoms with Crippen LogP contribution in [0.4, 0.5) is 0 Å². The van der Waals surface area contributed by atoms with Crippen LogP contribution in [0.5, 0.6) is 0 Å². The van der Waals surface area contributed by atoms with Crippen LogP contribution in [0.25, 0.3) is 0 Å². The molecule has 0 fully saturated rings. The Hall–Kier alpha value is -1.09. The van der Waals surface area contributed by atoms with Crippen LogP contribution in [0.2, 0.25) is 0 Å². The first-order valence-electron chi connectivity index (χ1n) is 3.69. The van der Waals surface area contributed by atoms with Gasteiger partial charge in [-0.3, -0.25) is 4.79 Å². The molecule has 0 atom stereocenters. The van der Waals surface area contributed by atoms with E-state index in [1.165, 1.54) is 23.7 Å². The second kappa shape index (κ2) is 4.72. The molecule has 1 aromatic heterocycles. The van der Waals surface area contributed by atoms with Gasteiger partial charge in [0.25, 0.3) is 0 Å². The van der Waals surface area contributed by atoms with Gasteiger partial charge in [-0.05, 0) is 18.4 Å². The van der Waals surface area contributed by atoms with Gasteiger partial charge < -0.3 is 4.74 Å². The normalized spacial score (nSPS) is 10.4. The van der Waals surface area contributed by atoms with Crippen molar-refractivity contribution < 1.29 is 9.53 Å². The topological polar surface area (TPSA) is 26.3 Å². The van der Waals surface area contributed by atoms with E-state index in [-0.39, 0.29) is 5.78 Å². The number of hydrogen-bond donors (Lipinski definition) is 0. The lowest BCUT2D eigenvalue weighted by Crippen LogP contribution is -1.91. The molecule has 0 bridgehead atoms. The quantitative estimate of drug-likeness (QED) is 0.406. The highest BCUT2D eigenvalue weighted by Gasteiger charge is 1.99. The molecule has 0 saturated heterocycles. The molecular weight excluding hydrogens is 172 g/mol. The van der Waals surface area contributed by atoms with Crippen LogP contribution < -0.4 is 0 Å². The van der Waals surface area contributed by atoms with E-state index in [0.29, 0.717) is 6.61 Å². The fourth-order valence-corrected chi connectivity index (χ4v) is 1.35. The lowest BCUT2D eigenvalue weighted by atomic mass is 10.2. The highest BCUT2D eigenvalue weighted by Crippen LogP contribution is 2.06. The van der Waals surface area contributed by atoms with Crippen molar-refractivity contribution in [3.05, 3.63) is 34.7 Å². The minimum absolute atomic E-state index is 0.00954. The third kappa shape index (κ3) is 2.51. The summed E-state index contributed by atoms with van der Waals surface area (Å²) in [5.74, 6) is -0.00954. The fourth-order valence-electron chi connectivity index (χ4n) is 0.707. The number of allylic oxidation sites excluding steroid dienone is 1. The van der Waals surface area contributed by atoms with E-state index in [2.05, 4.69) is 0 Å². The van der Waals surface area contributed by atoms with Gasteiger partial charge >= 0.3 is 0 Å². The summed E-state index contributed by atoms with van der Waals surface area (Å²) in [5.41, 5.74) is 0.718. The number of hydrogen-bond acceptors (Lipinski definition) is 3. The predicted molar refractivity (Wildman–Crippen MR) is 49.4 cm³/mol. The zero-order valence-electron chi connectivity index (χ0n) is 6.82. The molecule has 1 rings (SSSR count). The molecule has 3 heteroatoms. The third-order valence-corrected chi connectivity index (χ3v) is 1.97. The van der Waals surface area contributed by atoms with Crippen LogP contribution in [-0.2, 0) is 4.74 Å². The first-order valence-corrected chi connectivity index (χ1v) is 4.63. The number of ketones is 1. The monoisotopic (exact) mass is 182 g/mol. The predicted octanol–water partition coefficient (Wildman–Crippen LogP) is 2.48. The van der Waals surface area contributed by atoms with Crippen LogP contribution in [0.15, 0.2) is 29.2 Å². The Balaban J connectivity index is 2.50. The van der Waals surface area contributed by atoms with Gasteiger partial charge in [-0.2, -0.15) is 11.3 Å². The summed E-state index contributed by atoms with van der Waals surface area (Å²) in [5, 5.41) is 3.69. The Morgan fingerprint density at radius 2 is 2.58 bits per heavy atom. The third-order valence-electron chi connectivity index (χ3n) is 1.29. The van der Waals surface area contributed by atoms with Crippen molar-refractivity contribution in [2.45, 2.75) is 6.92 Å². The summed E-state index contributed by atoms with van der Waals surface area (Å²) < 4.78 is 4.90. The number of rotatable bonds is 4. The maximum atomic E-state index is 11.2. The minimum atomic E-state index is -0.00954. The maximum absolute atomic E-state index is 11.2. The van der Waals surface area contributed by atoms with E-state index in [1.54, 1.807) is 6.07 Å². The first kappa shape index (κ1) is 9.00. The molecule has 2 nitrogen and oxygen atoms in total. The van der Waals surface area contributed by atoms with Crippen molar-refractivity contribution in [1.82, 2.24) is 0 Å². The number of thiophene rings is 1. The van der Waals surface area contributed by atoms with Crippen molar-refractivity contribution in [2.24, 2.45) is 0 Å². The Kier molecular flexibility index (Phi) is 3.54. The van der Waals surface area contributed by atoms with Crippen molar-refractivity contribution in [1.29, 1.82) is 0 Å². The molecule has 64 valence electrons. The largest absolute Gasteiger partial charge is 0.501 e. The fraction of sp³-hybridized carbons (Fsp3) is 0.222. The molecule has 12 heavy (non-hydrogen) atoms. The van der Waals surface area contributed by atoms with Gasteiger partial charge in [0, 0.05) is 17.0 Å². The summed E-state index contributed by atoms with van der Waals surface area (Å²) >= 11 is 1.51. The lowest BCUT2D eigenvalue weighted by Gasteiger charge is -1.91. The Labute approximate surface area is 75.5 Å². The highest BCUT2D eigenvalue weighted by atomic mass is 32.1. The van der Waals surface area contributed by atoms with Crippen LogP contribution >= 0.6 is 11.3 Å². The molecule has 1 aromatic rings. The van der Waals surface area contributed by atoms with Gasteiger partial charge in [-0.1, -0.05) is 0 Å². The molecule has 0 radical (unpaired) electrons. The van der Waals surface area contributed by atoms with Gasteiger partial charge in [0.05, 0.1) is 12.9 Å². The Bertz CT molecular complexity index is 262. The molecule has 0 N–H and O–H groups in total. The zero-order chi connectivity index (χ0) is 8.81. The average molecular weight is 182 g/mol. The summed E-state index contributed by atoms with van der Waals surface area (Å²) in [6, 6.07) is 1.79. The van der Waals surface area contributed by atoms with E-state index < -0.39 is 0 Å². The molecule has 0 aromatic carbocycles. The first-order chi connectivity index (χ1) is 5.84. The Morgan fingerprint density at radius 1 is 1.75 bits per heavy atom. The van der Waals surface area contributed by atoms with E-state index in [9.17, 15) is 4.79 Å². The molecule has 0 aliphatic heterocycles. The second-order valence-electron chi connectivity index (χ2n) is 2.13. The smallest absolute Gasteiger partial charge is 0.189 e. The molecule has 1 heterocycles. The second-order valence-corrected chi connectivity index (χ2v) is 2.91. The molecular formula is C9H10O2S. The van der Waals surface area contributed by atoms with Gasteiger partial charge in [-0.25, -0.2) is 0 Å². The van der Waals surface area contributed by atoms with Crippen molar-refractivity contribution >= 4 is 17.1 Å². The molecule has 0 saturated carbocycles. The summed E-state index contributed by atoms with van der Waals surface area (Å²) in [4.78, 5) is 11.2.